The SMILES string of the molecule is COc1c(Br)cc(Cl)cc1NC(=O)CC1(N)CCCC1. The minimum absolute atomic E-state index is 0.109. The highest BCUT2D eigenvalue weighted by molar-refractivity contribution is 9.10. The fraction of sp³-hybridized carbons (Fsp3) is 0.500. The van der Waals surface area contributed by atoms with Crippen molar-refractivity contribution < 1.29 is 9.53 Å². The molecule has 0 spiro atoms. The van der Waals surface area contributed by atoms with E-state index < -0.39 is 0 Å². The van der Waals surface area contributed by atoms with Crippen LogP contribution in [0.25, 0.3) is 0 Å². The van der Waals surface area contributed by atoms with Crippen LogP contribution < -0.4 is 15.8 Å². The number of hydrogen-bond donors (Lipinski definition) is 2. The van der Waals surface area contributed by atoms with Crippen molar-refractivity contribution in [2.24, 2.45) is 5.73 Å². The number of hydrogen-bond acceptors (Lipinski definition) is 3. The molecule has 1 aromatic rings. The molecule has 3 N–H and O–H groups in total. The van der Waals surface area contributed by atoms with Gasteiger partial charge in [-0.05, 0) is 40.9 Å². The average molecular weight is 362 g/mol. The lowest BCUT2D eigenvalue weighted by Crippen LogP contribution is -2.40. The molecule has 1 aromatic carbocycles. The molecule has 1 aliphatic carbocycles. The van der Waals surface area contributed by atoms with Gasteiger partial charge in [0.25, 0.3) is 0 Å². The van der Waals surface area contributed by atoms with Crippen molar-refractivity contribution in [2.45, 2.75) is 37.6 Å². The number of nitrogens with two attached hydrogens (primary N) is 1. The number of nitrogens with one attached hydrogen (secondary N) is 1. The molecular formula is C14H18BrClN2O2. The Labute approximate surface area is 132 Å². The molecule has 1 fully saturated rings. The molecule has 2 rings (SSSR count). The Morgan fingerprint density at radius 2 is 2.15 bits per heavy atom. The van der Waals surface area contributed by atoms with Crippen molar-refractivity contribution in [1.29, 1.82) is 0 Å². The molecule has 0 unspecified atom stereocenters. The summed E-state index contributed by atoms with van der Waals surface area (Å²) in [5.41, 5.74) is 6.40. The summed E-state index contributed by atoms with van der Waals surface area (Å²) >= 11 is 9.36. The van der Waals surface area contributed by atoms with Crippen LogP contribution in [0.15, 0.2) is 16.6 Å². The first kappa shape index (κ1) is 15.6. The normalized spacial score (nSPS) is 17.0. The summed E-state index contributed by atoms with van der Waals surface area (Å²) in [5, 5.41) is 3.36. The number of methoxy groups -OCH3 is 1. The zero-order chi connectivity index (χ0) is 14.8. The van der Waals surface area contributed by atoms with E-state index in [1.54, 1.807) is 19.2 Å². The second kappa shape index (κ2) is 6.33. The summed E-state index contributed by atoms with van der Waals surface area (Å²) < 4.78 is 5.98. The zero-order valence-corrected chi connectivity index (χ0v) is 13.7. The highest BCUT2D eigenvalue weighted by atomic mass is 79.9. The van der Waals surface area contributed by atoms with Gasteiger partial charge in [-0.3, -0.25) is 4.79 Å². The number of benzene rings is 1. The number of ether oxygens (including phenoxy) is 1. The lowest BCUT2D eigenvalue weighted by Gasteiger charge is -2.23. The number of amides is 1. The molecule has 1 saturated carbocycles. The quantitative estimate of drug-likeness (QED) is 0.859. The van der Waals surface area contributed by atoms with Gasteiger partial charge in [-0.15, -0.1) is 0 Å². The number of carbonyl (C=O) groups is 1. The van der Waals surface area contributed by atoms with Gasteiger partial charge in [-0.25, -0.2) is 0 Å². The van der Waals surface area contributed by atoms with Crippen LogP contribution >= 0.6 is 27.5 Å². The zero-order valence-electron chi connectivity index (χ0n) is 11.3. The maximum absolute atomic E-state index is 12.2. The standard InChI is InChI=1S/C14H18BrClN2O2/c1-20-13-10(15)6-9(16)7-11(13)18-12(19)8-14(17)4-2-3-5-14/h6-7H,2-5,8,17H2,1H3,(H,18,19). The first-order chi connectivity index (χ1) is 9.43. The Kier molecular flexibility index (Phi) is 4.94. The fourth-order valence-corrected chi connectivity index (χ4v) is 3.60. The summed E-state index contributed by atoms with van der Waals surface area (Å²) in [6.07, 6.45) is 4.31. The number of carbonyl (C=O) groups excluding carboxylic acids is 1. The van der Waals surface area contributed by atoms with Crippen LogP contribution in [0.3, 0.4) is 0 Å². The smallest absolute Gasteiger partial charge is 0.226 e. The number of halogens is 2. The monoisotopic (exact) mass is 360 g/mol. The Morgan fingerprint density at radius 1 is 1.50 bits per heavy atom. The Bertz CT molecular complexity index is 516. The van der Waals surface area contributed by atoms with E-state index in [9.17, 15) is 4.79 Å². The highest BCUT2D eigenvalue weighted by Crippen LogP contribution is 2.37. The van der Waals surface area contributed by atoms with Crippen molar-refractivity contribution in [1.82, 2.24) is 0 Å². The predicted octanol–water partition coefficient (Wildman–Crippen LogP) is 3.71. The lowest BCUT2D eigenvalue weighted by molar-refractivity contribution is -0.117. The first-order valence-electron chi connectivity index (χ1n) is 6.55. The van der Waals surface area contributed by atoms with Crippen molar-refractivity contribution in [3.8, 4) is 5.75 Å². The largest absolute Gasteiger partial charge is 0.493 e. The van der Waals surface area contributed by atoms with E-state index in [-0.39, 0.29) is 11.4 Å². The minimum Gasteiger partial charge on any atom is -0.493 e. The summed E-state index contributed by atoms with van der Waals surface area (Å²) in [6.45, 7) is 0. The first-order valence-corrected chi connectivity index (χ1v) is 7.72. The number of rotatable bonds is 4. The van der Waals surface area contributed by atoms with E-state index in [2.05, 4.69) is 21.2 Å². The molecular weight excluding hydrogens is 344 g/mol. The van der Waals surface area contributed by atoms with Crippen molar-refractivity contribution in [2.75, 3.05) is 12.4 Å². The van der Waals surface area contributed by atoms with Gasteiger partial charge in [0.2, 0.25) is 5.91 Å². The highest BCUT2D eigenvalue weighted by Gasteiger charge is 2.31. The van der Waals surface area contributed by atoms with Crippen LogP contribution in [-0.4, -0.2) is 18.6 Å². The third-order valence-corrected chi connectivity index (χ3v) is 4.41. The van der Waals surface area contributed by atoms with E-state index in [1.807, 2.05) is 0 Å². The van der Waals surface area contributed by atoms with E-state index in [4.69, 9.17) is 22.1 Å². The van der Waals surface area contributed by atoms with Crippen molar-refractivity contribution >= 4 is 39.1 Å². The Balaban J connectivity index is 2.11. The molecule has 0 bridgehead atoms. The van der Waals surface area contributed by atoms with Gasteiger partial charge in [0.05, 0.1) is 17.3 Å². The van der Waals surface area contributed by atoms with E-state index in [1.165, 1.54) is 0 Å². The average Bonchev–Trinajstić information content (AvgIpc) is 2.74. The van der Waals surface area contributed by atoms with Gasteiger partial charge in [0, 0.05) is 17.0 Å². The molecule has 1 aliphatic rings. The van der Waals surface area contributed by atoms with E-state index in [0.717, 1.165) is 25.7 Å². The van der Waals surface area contributed by atoms with Gasteiger partial charge in [-0.2, -0.15) is 0 Å². The molecule has 0 atom stereocenters. The predicted molar refractivity (Wildman–Crippen MR) is 84.3 cm³/mol. The fourth-order valence-electron chi connectivity index (χ4n) is 2.63. The van der Waals surface area contributed by atoms with Crippen molar-refractivity contribution in [3.05, 3.63) is 21.6 Å². The van der Waals surface area contributed by atoms with Crippen molar-refractivity contribution in [3.63, 3.8) is 0 Å². The van der Waals surface area contributed by atoms with E-state index >= 15 is 0 Å². The van der Waals surface area contributed by atoms with E-state index in [0.29, 0.717) is 27.4 Å². The maximum Gasteiger partial charge on any atom is 0.226 e. The van der Waals surface area contributed by atoms with Crippen LogP contribution in [0, 0.1) is 0 Å². The Hall–Kier alpha value is -0.780. The van der Waals surface area contributed by atoms with Crippen LogP contribution in [0.2, 0.25) is 5.02 Å². The topological polar surface area (TPSA) is 64.3 Å². The summed E-state index contributed by atoms with van der Waals surface area (Å²) in [4.78, 5) is 12.2. The number of anilines is 1. The molecule has 110 valence electrons. The molecule has 1 amide bonds. The molecule has 0 radical (unpaired) electrons. The molecule has 0 saturated heterocycles. The molecule has 0 aromatic heterocycles. The van der Waals surface area contributed by atoms with Gasteiger partial charge in [0.1, 0.15) is 0 Å². The third kappa shape index (κ3) is 3.65. The summed E-state index contributed by atoms with van der Waals surface area (Å²) in [7, 11) is 1.55. The minimum atomic E-state index is -0.368. The van der Waals surface area contributed by atoms with Crippen LogP contribution in [0.4, 0.5) is 5.69 Å². The van der Waals surface area contributed by atoms with Crippen LogP contribution in [0.5, 0.6) is 5.75 Å². The van der Waals surface area contributed by atoms with Crippen LogP contribution in [-0.2, 0) is 4.79 Å². The van der Waals surface area contributed by atoms with Crippen LogP contribution in [0.1, 0.15) is 32.1 Å². The molecule has 0 aliphatic heterocycles. The summed E-state index contributed by atoms with van der Waals surface area (Å²) in [6, 6.07) is 3.39. The second-order valence-electron chi connectivity index (χ2n) is 5.26. The maximum atomic E-state index is 12.2. The van der Waals surface area contributed by atoms with Gasteiger partial charge in [0.15, 0.2) is 5.75 Å². The lowest BCUT2D eigenvalue weighted by atomic mass is 9.94. The van der Waals surface area contributed by atoms with Gasteiger partial charge in [-0.1, -0.05) is 24.4 Å². The van der Waals surface area contributed by atoms with Gasteiger partial charge < -0.3 is 15.8 Å². The Morgan fingerprint density at radius 3 is 2.75 bits per heavy atom. The third-order valence-electron chi connectivity index (χ3n) is 3.60. The molecule has 20 heavy (non-hydrogen) atoms. The molecule has 0 heterocycles. The second-order valence-corrected chi connectivity index (χ2v) is 6.55. The van der Waals surface area contributed by atoms with Gasteiger partial charge >= 0.3 is 0 Å². The molecule has 4 nitrogen and oxygen atoms in total. The summed E-state index contributed by atoms with van der Waals surface area (Å²) in [5.74, 6) is 0.446. The molecule has 6 heteroatoms.